The number of carbonyl (C=O) groups excluding carboxylic acids is 1. The zero-order chi connectivity index (χ0) is 17.2. The van der Waals surface area contributed by atoms with Gasteiger partial charge in [-0.1, -0.05) is 49.6 Å². The Bertz CT molecular complexity index is 572. The highest BCUT2D eigenvalue weighted by molar-refractivity contribution is 5.81. The number of carbonyl (C=O) groups is 1. The maximum absolute atomic E-state index is 13.1. The van der Waals surface area contributed by atoms with E-state index in [0.29, 0.717) is 5.56 Å². The highest BCUT2D eigenvalue weighted by Crippen LogP contribution is 2.40. The minimum Gasteiger partial charge on any atom is -1.00 e. The van der Waals surface area contributed by atoms with E-state index >= 15 is 0 Å². The molecule has 3 rings (SSSR count). The van der Waals surface area contributed by atoms with Crippen molar-refractivity contribution in [2.75, 3.05) is 27.2 Å². The van der Waals surface area contributed by atoms with Gasteiger partial charge >= 0.3 is 5.97 Å². The molecule has 0 aromatic heterocycles. The zero-order valence-electron chi connectivity index (χ0n) is 15.3. The molecule has 0 unspecified atom stereocenters. The van der Waals surface area contributed by atoms with E-state index in [0.717, 1.165) is 49.7 Å². The Kier molecular flexibility index (Phi) is 6.68. The fourth-order valence-corrected chi connectivity index (χ4v) is 4.30. The van der Waals surface area contributed by atoms with Gasteiger partial charge in [-0.25, -0.2) is 4.79 Å². The van der Waals surface area contributed by atoms with Crippen LogP contribution >= 0.6 is 0 Å². The molecule has 0 amide bonds. The van der Waals surface area contributed by atoms with Gasteiger partial charge < -0.3 is 31.3 Å². The van der Waals surface area contributed by atoms with Gasteiger partial charge in [-0.05, 0) is 18.4 Å². The number of hydrogen-bond donors (Lipinski definition) is 1. The number of hydrogen-bond acceptors (Lipinski definition) is 3. The molecule has 0 spiro atoms. The number of esters is 1. The monoisotopic (exact) mass is 411 g/mol. The predicted molar refractivity (Wildman–Crippen MR) is 93.3 cm³/mol. The van der Waals surface area contributed by atoms with Gasteiger partial charge in [0.15, 0.2) is 11.7 Å². The SMILES string of the molecule is C[N+]1(C)CC[C@H](OC(=O)[C@](O)(c2ccccc2)C2CCCCC2)C1.[Br-]. The predicted octanol–water partition coefficient (Wildman–Crippen LogP) is -0.150. The lowest BCUT2D eigenvalue weighted by atomic mass is 9.73. The lowest BCUT2D eigenvalue weighted by Crippen LogP contribution is -3.00. The van der Waals surface area contributed by atoms with E-state index < -0.39 is 11.6 Å². The Morgan fingerprint density at radius 2 is 1.76 bits per heavy atom. The molecule has 2 aliphatic rings. The quantitative estimate of drug-likeness (QED) is 0.553. The van der Waals surface area contributed by atoms with E-state index in [1.54, 1.807) is 0 Å². The number of halogens is 1. The summed E-state index contributed by atoms with van der Waals surface area (Å²) in [6.45, 7) is 1.83. The van der Waals surface area contributed by atoms with Crippen molar-refractivity contribution >= 4 is 5.97 Å². The van der Waals surface area contributed by atoms with Crippen LogP contribution in [0.25, 0.3) is 0 Å². The molecule has 2 atom stereocenters. The molecule has 1 aromatic rings. The van der Waals surface area contributed by atoms with Gasteiger partial charge in [-0.2, -0.15) is 0 Å². The molecular formula is C20H30BrNO3. The van der Waals surface area contributed by atoms with E-state index in [4.69, 9.17) is 4.74 Å². The Balaban J connectivity index is 0.00000225. The standard InChI is InChI=1S/C20H30NO3.BrH/c1-21(2)14-13-18(15-21)24-19(22)20(23,16-9-5-3-6-10-16)17-11-7-4-8-12-17;/h3,5-6,9-10,17-18,23H,4,7-8,11-15H2,1-2H3;1H/q+1;/p-1/t18-,20-;/m0./s1. The first-order valence-corrected chi connectivity index (χ1v) is 9.23. The van der Waals surface area contributed by atoms with Crippen LogP contribution in [0.1, 0.15) is 44.1 Å². The van der Waals surface area contributed by atoms with E-state index in [9.17, 15) is 9.90 Å². The van der Waals surface area contributed by atoms with Crippen LogP contribution in [0.4, 0.5) is 0 Å². The largest absolute Gasteiger partial charge is 1.00 e. The molecule has 0 radical (unpaired) electrons. The van der Waals surface area contributed by atoms with Crippen molar-refractivity contribution < 1.29 is 36.1 Å². The van der Waals surface area contributed by atoms with Crippen LogP contribution in [0.2, 0.25) is 0 Å². The summed E-state index contributed by atoms with van der Waals surface area (Å²) in [5, 5.41) is 11.5. The van der Waals surface area contributed by atoms with Crippen LogP contribution < -0.4 is 17.0 Å². The van der Waals surface area contributed by atoms with E-state index in [2.05, 4.69) is 14.1 Å². The van der Waals surface area contributed by atoms with Crippen LogP contribution in [0.3, 0.4) is 0 Å². The molecule has 0 bridgehead atoms. The molecule has 5 heteroatoms. The normalized spacial score (nSPS) is 25.6. The number of likely N-dealkylation sites (tertiary alicyclic amines) is 1. The minimum atomic E-state index is -1.51. The van der Waals surface area contributed by atoms with Gasteiger partial charge in [0.1, 0.15) is 6.54 Å². The smallest absolute Gasteiger partial charge is 0.343 e. The number of ether oxygens (including phenoxy) is 1. The van der Waals surface area contributed by atoms with Crippen molar-refractivity contribution in [1.82, 2.24) is 0 Å². The molecule has 1 N–H and O–H groups in total. The molecule has 1 saturated carbocycles. The van der Waals surface area contributed by atoms with Crippen LogP contribution in [0, 0.1) is 5.92 Å². The summed E-state index contributed by atoms with van der Waals surface area (Å²) >= 11 is 0. The van der Waals surface area contributed by atoms with Crippen LogP contribution in [0.15, 0.2) is 30.3 Å². The molecule has 1 aliphatic carbocycles. The van der Waals surface area contributed by atoms with Gasteiger partial charge in [0.2, 0.25) is 0 Å². The lowest BCUT2D eigenvalue weighted by Gasteiger charge is -2.37. The summed E-state index contributed by atoms with van der Waals surface area (Å²) in [5.74, 6) is -0.502. The topological polar surface area (TPSA) is 46.5 Å². The summed E-state index contributed by atoms with van der Waals surface area (Å²) in [7, 11) is 4.30. The number of quaternary nitrogens is 1. The first-order chi connectivity index (χ1) is 11.4. The number of nitrogens with zero attached hydrogens (tertiary/aromatic N) is 1. The molecule has 1 aliphatic heterocycles. The maximum atomic E-state index is 13.1. The second-order valence-corrected chi connectivity index (χ2v) is 8.13. The lowest BCUT2D eigenvalue weighted by molar-refractivity contribution is -0.879. The highest BCUT2D eigenvalue weighted by Gasteiger charge is 2.48. The third-order valence-electron chi connectivity index (χ3n) is 5.75. The Hall–Kier alpha value is -0.910. The van der Waals surface area contributed by atoms with Crippen LogP contribution in [-0.2, 0) is 15.1 Å². The molecule has 1 aromatic carbocycles. The minimum absolute atomic E-state index is 0. The first-order valence-electron chi connectivity index (χ1n) is 9.23. The van der Waals surface area contributed by atoms with E-state index in [1.807, 2.05) is 30.3 Å². The Morgan fingerprint density at radius 1 is 1.12 bits per heavy atom. The molecule has 1 saturated heterocycles. The average Bonchev–Trinajstić information content (AvgIpc) is 2.94. The van der Waals surface area contributed by atoms with E-state index in [-0.39, 0.29) is 29.0 Å². The van der Waals surface area contributed by atoms with Gasteiger partial charge in [0.05, 0.1) is 20.6 Å². The summed E-state index contributed by atoms with van der Waals surface area (Å²) in [4.78, 5) is 13.1. The second-order valence-electron chi connectivity index (χ2n) is 8.13. The Labute approximate surface area is 161 Å². The van der Waals surface area contributed by atoms with Crippen molar-refractivity contribution in [1.29, 1.82) is 0 Å². The number of benzene rings is 1. The zero-order valence-corrected chi connectivity index (χ0v) is 16.9. The van der Waals surface area contributed by atoms with Crippen LogP contribution in [-0.4, -0.2) is 48.8 Å². The maximum Gasteiger partial charge on any atom is 0.343 e. The molecule has 1 heterocycles. The fourth-order valence-electron chi connectivity index (χ4n) is 4.30. The van der Waals surface area contributed by atoms with Crippen molar-refractivity contribution in [3.05, 3.63) is 35.9 Å². The van der Waals surface area contributed by atoms with E-state index in [1.165, 1.54) is 6.42 Å². The summed E-state index contributed by atoms with van der Waals surface area (Å²) in [6, 6.07) is 9.38. The summed E-state index contributed by atoms with van der Waals surface area (Å²) < 4.78 is 6.68. The second kappa shape index (κ2) is 8.19. The summed E-state index contributed by atoms with van der Waals surface area (Å²) in [5.41, 5.74) is -0.838. The Morgan fingerprint density at radius 3 is 2.32 bits per heavy atom. The molecule has 25 heavy (non-hydrogen) atoms. The highest BCUT2D eigenvalue weighted by atomic mass is 79.9. The van der Waals surface area contributed by atoms with Crippen molar-refractivity contribution in [2.24, 2.45) is 5.92 Å². The third-order valence-corrected chi connectivity index (χ3v) is 5.75. The molecular weight excluding hydrogens is 382 g/mol. The van der Waals surface area contributed by atoms with Crippen molar-refractivity contribution in [3.63, 3.8) is 0 Å². The molecule has 140 valence electrons. The van der Waals surface area contributed by atoms with Gasteiger partial charge in [-0.15, -0.1) is 0 Å². The number of rotatable bonds is 4. The summed E-state index contributed by atoms with van der Waals surface area (Å²) in [6.07, 6.45) is 5.87. The molecule has 2 fully saturated rings. The van der Waals surface area contributed by atoms with Crippen molar-refractivity contribution in [3.8, 4) is 0 Å². The van der Waals surface area contributed by atoms with Crippen molar-refractivity contribution in [2.45, 2.75) is 50.2 Å². The molecule has 4 nitrogen and oxygen atoms in total. The van der Waals surface area contributed by atoms with Gasteiger partial charge in [0.25, 0.3) is 0 Å². The third kappa shape index (κ3) is 4.44. The van der Waals surface area contributed by atoms with Gasteiger partial charge in [0, 0.05) is 12.3 Å². The van der Waals surface area contributed by atoms with Crippen LogP contribution in [0.5, 0.6) is 0 Å². The number of likely N-dealkylation sites (N-methyl/N-ethyl adjacent to an activating group) is 1. The van der Waals surface area contributed by atoms with Gasteiger partial charge in [-0.3, -0.25) is 0 Å². The average molecular weight is 412 g/mol. The fraction of sp³-hybridized carbons (Fsp3) is 0.650. The number of aliphatic hydroxyl groups is 1. The first kappa shape index (κ1) is 20.4.